The minimum atomic E-state index is -5.67. The van der Waals surface area contributed by atoms with Crippen LogP contribution in [0.3, 0.4) is 0 Å². The van der Waals surface area contributed by atoms with E-state index in [1.807, 2.05) is 70.2 Å². The number of ether oxygens (including phenoxy) is 1. The molecule has 10 heteroatoms. The van der Waals surface area contributed by atoms with Crippen molar-refractivity contribution in [2.75, 3.05) is 13.7 Å². The number of pyridine rings is 1. The number of fused-ring (bicyclic) bond motifs is 7. The summed E-state index contributed by atoms with van der Waals surface area (Å²) < 4.78 is 96.9. The van der Waals surface area contributed by atoms with Crippen LogP contribution in [0.15, 0.2) is 61.0 Å². The molecule has 0 bridgehead atoms. The Morgan fingerprint density at radius 2 is 1.48 bits per heavy atom. The number of halogens is 6. The SMILES string of the molecule is C=C(O)C1(C)[n+]2cc(C(C(F)(F)F)C(F)(F)F)c3c(C)c(-c4c(C)cc(C)cc4C)sc3c2-c2cc(C(C)(C)C)c3ccccc3c2C1(C)COC. The highest BCUT2D eigenvalue weighted by molar-refractivity contribution is 7.23. The van der Waals surface area contributed by atoms with Gasteiger partial charge in [-0.3, -0.25) is 0 Å². The molecule has 0 saturated carbocycles. The van der Waals surface area contributed by atoms with Gasteiger partial charge >= 0.3 is 12.4 Å². The number of aromatic nitrogens is 1. The Morgan fingerprint density at radius 1 is 0.923 bits per heavy atom. The molecular formula is C42H44F6NO2S+. The van der Waals surface area contributed by atoms with Crippen molar-refractivity contribution in [3.63, 3.8) is 0 Å². The normalized spacial score (nSPS) is 19.4. The molecule has 3 heterocycles. The number of aliphatic hydroxyl groups is 1. The number of hydrogen-bond acceptors (Lipinski definition) is 3. The van der Waals surface area contributed by atoms with Gasteiger partial charge in [0.25, 0.3) is 0 Å². The van der Waals surface area contributed by atoms with Crippen LogP contribution in [0.5, 0.6) is 0 Å². The van der Waals surface area contributed by atoms with E-state index in [9.17, 15) is 31.4 Å². The molecule has 2 aromatic heterocycles. The number of allylic oxidation sites excluding steroid dienone is 1. The summed E-state index contributed by atoms with van der Waals surface area (Å²) >= 11 is 1.19. The molecule has 3 nitrogen and oxygen atoms in total. The van der Waals surface area contributed by atoms with Crippen LogP contribution in [-0.2, 0) is 21.1 Å². The first-order valence-corrected chi connectivity index (χ1v) is 17.9. The standard InChI is InChI=1S/C42H43F6NO2S/c1-21-16-22(2)31(23(3)17-21)35-24(4)32-29(37(41(43,44)45)42(46,47)48)19-49-34(36(32)52-35)28-18-30(38(6,7)8)26-14-12-13-15-27(26)33(28)39(9,20-51-11)40(49,10)25(5)50/h12-19,37H,5,20H2,1-4,6-11H3/p+1. The Morgan fingerprint density at radius 3 is 1.98 bits per heavy atom. The van der Waals surface area contributed by atoms with E-state index in [4.69, 9.17) is 4.74 Å². The molecule has 1 aliphatic heterocycles. The average molecular weight is 741 g/mol. The molecule has 0 amide bonds. The van der Waals surface area contributed by atoms with Crippen LogP contribution < -0.4 is 4.57 Å². The molecule has 5 aromatic rings. The van der Waals surface area contributed by atoms with Crippen molar-refractivity contribution in [3.8, 4) is 21.7 Å². The second-order valence-corrected chi connectivity index (χ2v) is 16.8. The van der Waals surface area contributed by atoms with Crippen LogP contribution in [0.25, 0.3) is 42.6 Å². The lowest BCUT2D eigenvalue weighted by Gasteiger charge is -2.46. The van der Waals surface area contributed by atoms with Crippen molar-refractivity contribution in [3.05, 3.63) is 99.9 Å². The zero-order valence-corrected chi connectivity index (χ0v) is 31.9. The van der Waals surface area contributed by atoms with Gasteiger partial charge in [-0.15, -0.1) is 11.3 Å². The van der Waals surface area contributed by atoms with Gasteiger partial charge in [-0.05, 0) is 90.3 Å². The Kier molecular flexibility index (Phi) is 8.78. The number of benzene rings is 3. The van der Waals surface area contributed by atoms with Crippen LogP contribution >= 0.6 is 11.3 Å². The highest BCUT2D eigenvalue weighted by Crippen LogP contribution is 2.58. The molecular weight excluding hydrogens is 697 g/mol. The van der Waals surface area contributed by atoms with Gasteiger partial charge in [-0.25, -0.2) is 0 Å². The van der Waals surface area contributed by atoms with Crippen LogP contribution in [-0.4, -0.2) is 31.2 Å². The largest absolute Gasteiger partial charge is 0.506 e. The molecule has 52 heavy (non-hydrogen) atoms. The number of rotatable bonds is 5. The number of thiophene rings is 1. The number of aliphatic hydroxyl groups excluding tert-OH is 1. The van der Waals surface area contributed by atoms with E-state index < -0.39 is 46.0 Å². The minimum absolute atomic E-state index is 0.0345. The maximum absolute atomic E-state index is 14.9. The van der Waals surface area contributed by atoms with Gasteiger partial charge in [0.2, 0.25) is 11.2 Å². The summed E-state index contributed by atoms with van der Waals surface area (Å²) in [6.07, 6.45) is -10.4. The summed E-state index contributed by atoms with van der Waals surface area (Å²) in [4.78, 5) is 0.594. The van der Waals surface area contributed by atoms with Gasteiger partial charge < -0.3 is 9.84 Å². The van der Waals surface area contributed by atoms with Crippen LogP contribution in [0.1, 0.15) is 79.5 Å². The van der Waals surface area contributed by atoms with E-state index in [-0.39, 0.29) is 16.7 Å². The predicted octanol–water partition coefficient (Wildman–Crippen LogP) is 12.1. The van der Waals surface area contributed by atoms with E-state index in [1.54, 1.807) is 13.8 Å². The van der Waals surface area contributed by atoms with Crippen LogP contribution in [0.2, 0.25) is 0 Å². The van der Waals surface area contributed by atoms with Gasteiger partial charge in [-0.2, -0.15) is 30.9 Å². The Bertz CT molecular complexity index is 2260. The number of nitrogens with zero attached hydrogens (tertiary/aromatic N) is 1. The lowest BCUT2D eigenvalue weighted by Crippen LogP contribution is -2.70. The summed E-state index contributed by atoms with van der Waals surface area (Å²) in [5.41, 5.74) is 2.39. The predicted molar refractivity (Wildman–Crippen MR) is 198 cm³/mol. The third kappa shape index (κ3) is 5.38. The first-order valence-electron chi connectivity index (χ1n) is 17.1. The molecule has 1 N–H and O–H groups in total. The van der Waals surface area contributed by atoms with Crippen molar-refractivity contribution in [1.82, 2.24) is 0 Å². The summed E-state index contributed by atoms with van der Waals surface area (Å²) in [6.45, 7) is 20.9. The Balaban J connectivity index is 1.97. The third-order valence-corrected chi connectivity index (χ3v) is 12.6. The molecule has 3 aromatic carbocycles. The van der Waals surface area contributed by atoms with E-state index >= 15 is 0 Å². The first-order chi connectivity index (χ1) is 23.9. The van der Waals surface area contributed by atoms with Gasteiger partial charge in [-0.1, -0.05) is 69.3 Å². The highest BCUT2D eigenvalue weighted by atomic mass is 32.1. The van der Waals surface area contributed by atoms with E-state index in [0.29, 0.717) is 21.7 Å². The maximum atomic E-state index is 14.9. The molecule has 276 valence electrons. The Labute approximate surface area is 304 Å². The maximum Gasteiger partial charge on any atom is 0.404 e. The van der Waals surface area contributed by atoms with E-state index in [0.717, 1.165) is 50.4 Å². The van der Waals surface area contributed by atoms with Crippen molar-refractivity contribution in [2.24, 2.45) is 0 Å². The molecule has 0 saturated heterocycles. The Hall–Kier alpha value is -3.89. The van der Waals surface area contributed by atoms with Crippen LogP contribution in [0.4, 0.5) is 26.3 Å². The summed E-state index contributed by atoms with van der Waals surface area (Å²) in [5.74, 6) is -4.22. The summed E-state index contributed by atoms with van der Waals surface area (Å²) in [6, 6.07) is 13.8. The fourth-order valence-corrected chi connectivity index (χ4v) is 10.4. The molecule has 0 spiro atoms. The summed E-state index contributed by atoms with van der Waals surface area (Å²) in [7, 11) is 1.48. The number of methoxy groups -OCH3 is 1. The van der Waals surface area contributed by atoms with Gasteiger partial charge in [0.05, 0.1) is 17.6 Å². The zero-order chi connectivity index (χ0) is 38.7. The summed E-state index contributed by atoms with van der Waals surface area (Å²) in [5, 5.41) is 13.4. The molecule has 1 aliphatic rings. The second-order valence-electron chi connectivity index (χ2n) is 15.8. The fourth-order valence-electron chi connectivity index (χ4n) is 8.79. The smallest absolute Gasteiger partial charge is 0.404 e. The molecule has 0 fully saturated rings. The van der Waals surface area contributed by atoms with Crippen molar-refractivity contribution in [1.29, 1.82) is 0 Å². The number of hydrogen-bond donors (Lipinski definition) is 1. The fraction of sp³-hybridized carbons (Fsp3) is 0.405. The van der Waals surface area contributed by atoms with Gasteiger partial charge in [0.15, 0.2) is 17.9 Å². The van der Waals surface area contributed by atoms with E-state index in [2.05, 4.69) is 27.4 Å². The van der Waals surface area contributed by atoms with Crippen molar-refractivity contribution >= 4 is 32.2 Å². The lowest BCUT2D eigenvalue weighted by atomic mass is 9.60. The topological polar surface area (TPSA) is 33.3 Å². The number of aryl methyl sites for hydroxylation is 4. The van der Waals surface area contributed by atoms with Crippen LogP contribution in [0, 0.1) is 27.7 Å². The molecule has 0 radical (unpaired) electrons. The highest BCUT2D eigenvalue weighted by Gasteiger charge is 2.64. The van der Waals surface area contributed by atoms with E-state index in [1.165, 1.54) is 23.0 Å². The second kappa shape index (κ2) is 12.1. The molecule has 2 atom stereocenters. The molecule has 0 aliphatic carbocycles. The van der Waals surface area contributed by atoms with Gasteiger partial charge in [0.1, 0.15) is 4.70 Å². The monoisotopic (exact) mass is 740 g/mol. The zero-order valence-electron chi connectivity index (χ0n) is 31.1. The molecule has 2 unspecified atom stereocenters. The minimum Gasteiger partial charge on any atom is -0.506 e. The molecule has 6 rings (SSSR count). The van der Waals surface area contributed by atoms with Crippen molar-refractivity contribution in [2.45, 2.75) is 97.0 Å². The van der Waals surface area contributed by atoms with Gasteiger partial charge in [0, 0.05) is 29.9 Å². The van der Waals surface area contributed by atoms with Crippen molar-refractivity contribution < 1.29 is 40.8 Å². The third-order valence-electron chi connectivity index (χ3n) is 11.2. The average Bonchev–Trinajstić information content (AvgIpc) is 3.33. The number of alkyl halides is 6. The quantitative estimate of drug-likeness (QED) is 0.111. The lowest BCUT2D eigenvalue weighted by molar-refractivity contribution is -0.757. The first kappa shape index (κ1) is 37.9.